The summed E-state index contributed by atoms with van der Waals surface area (Å²) in [6.07, 6.45) is 2.53. The quantitative estimate of drug-likeness (QED) is 0.506. The van der Waals surface area contributed by atoms with Crippen LogP contribution >= 0.6 is 0 Å². The summed E-state index contributed by atoms with van der Waals surface area (Å²) in [5.74, 6) is -0.131. The zero-order chi connectivity index (χ0) is 25.3. The number of nitrogens with zero attached hydrogens (tertiary/aromatic N) is 2. The number of nitrogens with one attached hydrogen (secondary N) is 2. The summed E-state index contributed by atoms with van der Waals surface area (Å²) >= 11 is 0. The molecule has 2 aliphatic heterocycles. The Morgan fingerprint density at radius 1 is 1.06 bits per heavy atom. The van der Waals surface area contributed by atoms with Gasteiger partial charge in [-0.3, -0.25) is 19.4 Å². The first-order valence-corrected chi connectivity index (χ1v) is 12.6. The minimum atomic E-state index is -1.23. The number of fused-ring (bicyclic) bond motifs is 1. The first kappa shape index (κ1) is 24.0. The van der Waals surface area contributed by atoms with Crippen molar-refractivity contribution in [1.82, 2.24) is 15.1 Å². The topological polar surface area (TPSA) is 81.8 Å². The fourth-order valence-electron chi connectivity index (χ4n) is 5.26. The molecule has 3 aromatic carbocycles. The van der Waals surface area contributed by atoms with Crippen molar-refractivity contribution in [2.75, 3.05) is 25.0 Å². The molecule has 7 nitrogen and oxygen atoms in total. The highest BCUT2D eigenvalue weighted by Crippen LogP contribution is 2.31. The Morgan fingerprint density at radius 2 is 1.81 bits per heavy atom. The summed E-state index contributed by atoms with van der Waals surface area (Å²) in [6.45, 7) is 6.75. The van der Waals surface area contributed by atoms with Crippen molar-refractivity contribution in [2.24, 2.45) is 5.92 Å². The molecule has 0 saturated carbocycles. The summed E-state index contributed by atoms with van der Waals surface area (Å²) in [7, 11) is 0. The van der Waals surface area contributed by atoms with Gasteiger partial charge in [0.25, 0.3) is 5.91 Å². The van der Waals surface area contributed by atoms with E-state index >= 15 is 0 Å². The predicted molar refractivity (Wildman–Crippen MR) is 140 cm³/mol. The maximum absolute atomic E-state index is 13.3. The van der Waals surface area contributed by atoms with E-state index in [-0.39, 0.29) is 6.54 Å². The van der Waals surface area contributed by atoms with Crippen molar-refractivity contribution < 1.29 is 14.4 Å². The van der Waals surface area contributed by atoms with Crippen LogP contribution in [0.15, 0.2) is 66.7 Å². The lowest BCUT2D eigenvalue weighted by atomic mass is 9.90. The lowest BCUT2D eigenvalue weighted by molar-refractivity contribution is -0.133. The van der Waals surface area contributed by atoms with E-state index in [0.717, 1.165) is 41.2 Å². The van der Waals surface area contributed by atoms with Crippen LogP contribution in [-0.4, -0.2) is 47.3 Å². The zero-order valence-corrected chi connectivity index (χ0v) is 20.8. The second kappa shape index (κ2) is 9.74. The van der Waals surface area contributed by atoms with Gasteiger partial charge in [0.2, 0.25) is 5.91 Å². The van der Waals surface area contributed by atoms with Gasteiger partial charge in [-0.25, -0.2) is 4.79 Å². The third-order valence-electron chi connectivity index (χ3n) is 7.29. The van der Waals surface area contributed by atoms with E-state index in [2.05, 4.69) is 22.5 Å². The van der Waals surface area contributed by atoms with Crippen molar-refractivity contribution in [3.8, 4) is 0 Å². The van der Waals surface area contributed by atoms with Crippen molar-refractivity contribution in [3.63, 3.8) is 0 Å². The number of likely N-dealkylation sites (tertiary alicyclic amines) is 1. The van der Waals surface area contributed by atoms with Gasteiger partial charge in [0, 0.05) is 18.8 Å². The van der Waals surface area contributed by atoms with Gasteiger partial charge in [-0.2, -0.15) is 0 Å². The number of amides is 4. The number of anilines is 1. The van der Waals surface area contributed by atoms with Crippen molar-refractivity contribution in [2.45, 2.75) is 38.8 Å². The Labute approximate surface area is 211 Å². The van der Waals surface area contributed by atoms with E-state index in [0.29, 0.717) is 11.3 Å². The largest absolute Gasteiger partial charge is 0.325 e. The van der Waals surface area contributed by atoms with Crippen LogP contribution in [-0.2, 0) is 21.7 Å². The van der Waals surface area contributed by atoms with Crippen LogP contribution in [0.1, 0.15) is 37.8 Å². The van der Waals surface area contributed by atoms with Gasteiger partial charge in [-0.1, -0.05) is 55.5 Å². The Kier molecular flexibility index (Phi) is 6.49. The number of urea groups is 1. The molecule has 7 heteroatoms. The lowest BCUT2D eigenvalue weighted by Crippen LogP contribution is -2.42. The van der Waals surface area contributed by atoms with Crippen molar-refractivity contribution >= 4 is 34.3 Å². The fourth-order valence-corrected chi connectivity index (χ4v) is 5.26. The van der Waals surface area contributed by atoms with Gasteiger partial charge in [0.05, 0.1) is 0 Å². The van der Waals surface area contributed by atoms with E-state index in [1.807, 2.05) is 66.7 Å². The van der Waals surface area contributed by atoms with Gasteiger partial charge in [-0.15, -0.1) is 0 Å². The first-order valence-electron chi connectivity index (χ1n) is 12.6. The highest BCUT2D eigenvalue weighted by atomic mass is 16.2. The Morgan fingerprint density at radius 3 is 2.56 bits per heavy atom. The normalized spacial score (nSPS) is 22.6. The number of rotatable bonds is 6. The molecule has 0 radical (unpaired) electrons. The molecule has 2 saturated heterocycles. The van der Waals surface area contributed by atoms with E-state index in [9.17, 15) is 14.4 Å². The third kappa shape index (κ3) is 4.84. The molecule has 0 bridgehead atoms. The number of carbonyl (C=O) groups is 3. The number of hydrogen-bond acceptors (Lipinski definition) is 4. The number of carbonyl (C=O) groups excluding carboxylic acids is 3. The molecule has 0 aromatic heterocycles. The number of benzene rings is 3. The monoisotopic (exact) mass is 484 g/mol. The van der Waals surface area contributed by atoms with E-state index < -0.39 is 23.4 Å². The lowest BCUT2D eigenvalue weighted by Gasteiger charge is -2.30. The average Bonchev–Trinajstić information content (AvgIpc) is 3.08. The maximum Gasteiger partial charge on any atom is 0.325 e. The molecular formula is C29H32N4O3. The molecule has 2 unspecified atom stereocenters. The molecule has 3 aromatic rings. The molecule has 0 spiro atoms. The highest BCUT2D eigenvalue weighted by molar-refractivity contribution is 6.10. The van der Waals surface area contributed by atoms with Crippen LogP contribution in [0, 0.1) is 5.92 Å². The number of hydrogen-bond donors (Lipinski definition) is 2. The summed E-state index contributed by atoms with van der Waals surface area (Å²) in [5.41, 5.74) is 1.29. The average molecular weight is 485 g/mol. The second-order valence-electron chi connectivity index (χ2n) is 10.2. The Balaban J connectivity index is 1.22. The van der Waals surface area contributed by atoms with Gasteiger partial charge in [-0.05, 0) is 72.3 Å². The number of imide groups is 1. The van der Waals surface area contributed by atoms with Crippen molar-refractivity contribution in [1.29, 1.82) is 0 Å². The van der Waals surface area contributed by atoms with Crippen LogP contribution in [0.3, 0.4) is 0 Å². The summed E-state index contributed by atoms with van der Waals surface area (Å²) < 4.78 is 0. The predicted octanol–water partition coefficient (Wildman–Crippen LogP) is 4.48. The van der Waals surface area contributed by atoms with Crippen LogP contribution < -0.4 is 10.6 Å². The molecule has 2 fully saturated rings. The van der Waals surface area contributed by atoms with Crippen LogP contribution in [0.4, 0.5) is 10.5 Å². The van der Waals surface area contributed by atoms with E-state index in [1.54, 1.807) is 6.92 Å². The molecular weight excluding hydrogens is 452 g/mol. The molecule has 5 rings (SSSR count). The summed E-state index contributed by atoms with van der Waals surface area (Å²) in [5, 5.41) is 7.62. The van der Waals surface area contributed by atoms with Crippen LogP contribution in [0.25, 0.3) is 10.8 Å². The van der Waals surface area contributed by atoms with Gasteiger partial charge in [0.1, 0.15) is 12.1 Å². The molecule has 2 heterocycles. The molecule has 186 valence electrons. The fraction of sp³-hybridized carbons (Fsp3) is 0.345. The maximum atomic E-state index is 13.3. The smallest absolute Gasteiger partial charge is 0.325 e. The van der Waals surface area contributed by atoms with E-state index in [1.165, 1.54) is 18.4 Å². The SMILES string of the molecule is CC1CCCN(Cc2ccc(NC(=O)CN3C(=O)NC(C)(c4ccc5ccccc5c4)C3=O)cc2)C1. The van der Waals surface area contributed by atoms with E-state index in [4.69, 9.17) is 0 Å². The minimum Gasteiger partial charge on any atom is -0.325 e. The molecule has 36 heavy (non-hydrogen) atoms. The van der Waals surface area contributed by atoms with Crippen LogP contribution in [0.5, 0.6) is 0 Å². The first-order chi connectivity index (χ1) is 17.3. The van der Waals surface area contributed by atoms with Crippen LogP contribution in [0.2, 0.25) is 0 Å². The van der Waals surface area contributed by atoms with Gasteiger partial charge >= 0.3 is 6.03 Å². The summed E-state index contributed by atoms with van der Waals surface area (Å²) in [4.78, 5) is 42.1. The minimum absolute atomic E-state index is 0.346. The second-order valence-corrected chi connectivity index (χ2v) is 10.2. The van der Waals surface area contributed by atoms with Gasteiger partial charge < -0.3 is 10.6 Å². The molecule has 0 aliphatic carbocycles. The third-order valence-corrected chi connectivity index (χ3v) is 7.29. The van der Waals surface area contributed by atoms with Gasteiger partial charge in [0.15, 0.2) is 0 Å². The number of piperidine rings is 1. The highest BCUT2D eigenvalue weighted by Gasteiger charge is 2.49. The Hall–Kier alpha value is -3.71. The summed E-state index contributed by atoms with van der Waals surface area (Å²) in [6, 6.07) is 20.7. The van der Waals surface area contributed by atoms with Crippen molar-refractivity contribution in [3.05, 3.63) is 77.9 Å². The molecule has 2 aliphatic rings. The molecule has 4 amide bonds. The standard InChI is InChI=1S/C29H32N4O3/c1-20-6-5-15-32(17-20)18-21-9-13-25(14-10-21)30-26(34)19-33-27(35)29(2,31-28(33)36)24-12-11-22-7-3-4-8-23(22)16-24/h3-4,7-14,16,20H,5-6,15,17-19H2,1-2H3,(H,30,34)(H,31,36). The molecule has 2 N–H and O–H groups in total. The zero-order valence-electron chi connectivity index (χ0n) is 20.8. The Bertz CT molecular complexity index is 1310. The molecule has 2 atom stereocenters.